The molecule has 0 amide bonds. The van der Waals surface area contributed by atoms with E-state index < -0.39 is 0 Å². The fraction of sp³-hybridized carbons (Fsp3) is 0.400. The van der Waals surface area contributed by atoms with E-state index in [1.165, 1.54) is 34.5 Å². The van der Waals surface area contributed by atoms with Gasteiger partial charge in [-0.05, 0) is 5.92 Å². The van der Waals surface area contributed by atoms with Gasteiger partial charge in [0, 0.05) is 5.75 Å². The molecule has 0 spiro atoms. The van der Waals surface area contributed by atoms with Crippen LogP contribution < -0.4 is 4.74 Å². The quantitative estimate of drug-likeness (QED) is 0.613. The summed E-state index contributed by atoms with van der Waals surface area (Å²) in [5.41, 5.74) is 0. The van der Waals surface area contributed by atoms with Gasteiger partial charge in [0.15, 0.2) is 0 Å². The Bertz CT molecular complexity index is 256. The summed E-state index contributed by atoms with van der Waals surface area (Å²) in [6.45, 7) is 4.57. The van der Waals surface area contributed by atoms with Gasteiger partial charge in [-0.3, -0.25) is 0 Å². The van der Waals surface area contributed by atoms with Crippen molar-refractivity contribution in [1.82, 2.24) is 0 Å². The number of hydrogen-bond acceptors (Lipinski definition) is 1. The number of hydrogen-bond donors (Lipinski definition) is 0. The average Bonchev–Trinajstić information content (AvgIpc) is 2.19. The van der Waals surface area contributed by atoms with Crippen LogP contribution >= 0.6 is 13.6 Å². The van der Waals surface area contributed by atoms with Crippen molar-refractivity contribution in [3.05, 3.63) is 30.1 Å². The van der Waals surface area contributed by atoms with Gasteiger partial charge in [0.05, 0.1) is 12.4 Å². The normalized spacial score (nSPS) is 9.36. The molecule has 0 saturated heterocycles. The molecule has 0 aliphatic rings. The maximum atomic E-state index is 12.9. The Balaban J connectivity index is 0.000000791. The Morgan fingerprint density at radius 1 is 1.57 bits per heavy atom. The standard InChI is InChI=1S/C10H12FO.BrH.Zn/c1-8(2)7-12-10-6-4-3-5-9(10)11;;/h3,5-6,8H,7H2,1-2H3;1H;/q-1;;+2/p-1. The SMILES string of the molecule is CC(C)COc1c[c-]ccc1F.[Zn+][Br]. The summed E-state index contributed by atoms with van der Waals surface area (Å²) in [5.74, 6) is 0.366. The topological polar surface area (TPSA) is 9.23 Å². The molecule has 1 nitrogen and oxygen atoms in total. The summed E-state index contributed by atoms with van der Waals surface area (Å²) in [4.78, 5) is 0. The third-order valence-electron chi connectivity index (χ3n) is 1.35. The number of ether oxygens (including phenoxy) is 1. The second-order valence-electron chi connectivity index (χ2n) is 3.06. The molecule has 1 aromatic carbocycles. The van der Waals surface area contributed by atoms with Crippen LogP contribution in [0.25, 0.3) is 0 Å². The molecular formula is C10H12BrFOZn. The summed E-state index contributed by atoms with van der Waals surface area (Å²) < 4.78 is 18.1. The number of rotatable bonds is 3. The van der Waals surface area contributed by atoms with E-state index in [1.807, 2.05) is 13.8 Å². The minimum absolute atomic E-state index is 0.284. The van der Waals surface area contributed by atoms with E-state index in [2.05, 4.69) is 19.7 Å². The minimum atomic E-state index is -0.325. The first-order valence-electron chi connectivity index (χ1n) is 4.25. The van der Waals surface area contributed by atoms with Crippen molar-refractivity contribution in [3.63, 3.8) is 0 Å². The van der Waals surface area contributed by atoms with E-state index in [0.717, 1.165) is 0 Å². The van der Waals surface area contributed by atoms with Crippen molar-refractivity contribution in [3.8, 4) is 5.75 Å². The van der Waals surface area contributed by atoms with Gasteiger partial charge >= 0.3 is 30.0 Å². The fourth-order valence-electron chi connectivity index (χ4n) is 0.763. The number of benzene rings is 1. The molecule has 1 aromatic rings. The van der Waals surface area contributed by atoms with Gasteiger partial charge in [-0.15, -0.1) is 12.1 Å². The zero-order chi connectivity index (χ0) is 11.0. The molecule has 0 radical (unpaired) electrons. The molecule has 4 heteroatoms. The molecule has 74 valence electrons. The molecule has 0 aromatic heterocycles. The van der Waals surface area contributed by atoms with Gasteiger partial charge in [-0.1, -0.05) is 13.8 Å². The second-order valence-corrected chi connectivity index (χ2v) is 3.06. The molecule has 1 rings (SSSR count). The summed E-state index contributed by atoms with van der Waals surface area (Å²) >= 11 is 4.25. The first-order valence-corrected chi connectivity index (χ1v) is 11.2. The molecule has 0 N–H and O–H groups in total. The van der Waals surface area contributed by atoms with Crippen LogP contribution in [-0.2, 0) is 16.3 Å². The van der Waals surface area contributed by atoms with Crippen molar-refractivity contribution in [2.24, 2.45) is 5.92 Å². The molecule has 0 saturated carbocycles. The predicted molar refractivity (Wildman–Crippen MR) is 54.5 cm³/mol. The van der Waals surface area contributed by atoms with Crippen LogP contribution in [0.15, 0.2) is 18.2 Å². The molecule has 0 bridgehead atoms. The van der Waals surface area contributed by atoms with Gasteiger partial charge in [0.2, 0.25) is 0 Å². The third-order valence-corrected chi connectivity index (χ3v) is 1.35. The van der Waals surface area contributed by atoms with Gasteiger partial charge in [0.1, 0.15) is 0 Å². The Morgan fingerprint density at radius 2 is 2.21 bits per heavy atom. The van der Waals surface area contributed by atoms with Crippen LogP contribution in [0, 0.1) is 17.8 Å². The van der Waals surface area contributed by atoms with E-state index in [-0.39, 0.29) is 11.6 Å². The zero-order valence-corrected chi connectivity index (χ0v) is 12.9. The van der Waals surface area contributed by atoms with Crippen molar-refractivity contribution < 1.29 is 25.5 Å². The molecule has 0 aliphatic heterocycles. The molecule has 0 aliphatic carbocycles. The summed E-state index contributed by atoms with van der Waals surface area (Å²) in [6.07, 6.45) is 0. The Hall–Kier alpha value is 0.0534. The van der Waals surface area contributed by atoms with Gasteiger partial charge in [0.25, 0.3) is 0 Å². The van der Waals surface area contributed by atoms with Crippen molar-refractivity contribution in [2.75, 3.05) is 6.61 Å². The Kier molecular flexibility index (Phi) is 8.40. The Labute approximate surface area is 101 Å². The first kappa shape index (κ1) is 14.1. The van der Waals surface area contributed by atoms with E-state index in [0.29, 0.717) is 12.5 Å². The summed E-state index contributed by atoms with van der Waals surface area (Å²) in [7, 11) is 0. The van der Waals surface area contributed by atoms with Crippen LogP contribution in [0.5, 0.6) is 5.75 Å². The maximum absolute atomic E-state index is 12.9. The van der Waals surface area contributed by atoms with Crippen LogP contribution in [0.2, 0.25) is 0 Å². The summed E-state index contributed by atoms with van der Waals surface area (Å²) in [5, 5.41) is 0. The van der Waals surface area contributed by atoms with Crippen LogP contribution in [-0.4, -0.2) is 6.61 Å². The zero-order valence-electron chi connectivity index (χ0n) is 8.39. The number of halogens is 2. The molecule has 0 atom stereocenters. The van der Waals surface area contributed by atoms with Gasteiger partial charge in [-0.25, -0.2) is 4.39 Å². The third kappa shape index (κ3) is 5.71. The molecule has 0 unspecified atom stereocenters. The molecule has 0 heterocycles. The molecule has 14 heavy (non-hydrogen) atoms. The van der Waals surface area contributed by atoms with Gasteiger partial charge in [-0.2, -0.15) is 12.1 Å². The predicted octanol–water partition coefficient (Wildman–Crippen LogP) is 3.50. The fourth-order valence-corrected chi connectivity index (χ4v) is 0.763. The van der Waals surface area contributed by atoms with Crippen molar-refractivity contribution >= 4 is 13.6 Å². The first-order chi connectivity index (χ1) is 6.70. The van der Waals surface area contributed by atoms with E-state index in [4.69, 9.17) is 4.74 Å². The second kappa shape index (κ2) is 8.37. The van der Waals surface area contributed by atoms with Gasteiger partial charge < -0.3 is 4.74 Å². The van der Waals surface area contributed by atoms with Crippen molar-refractivity contribution in [1.29, 1.82) is 0 Å². The Morgan fingerprint density at radius 3 is 2.71 bits per heavy atom. The molecular weight excluding hydrogens is 300 g/mol. The summed E-state index contributed by atoms with van der Waals surface area (Å²) in [6, 6.07) is 7.14. The molecule has 0 fully saturated rings. The van der Waals surface area contributed by atoms with E-state index in [1.54, 1.807) is 0 Å². The van der Waals surface area contributed by atoms with E-state index in [9.17, 15) is 4.39 Å². The van der Waals surface area contributed by atoms with E-state index >= 15 is 0 Å². The monoisotopic (exact) mass is 310 g/mol. The van der Waals surface area contributed by atoms with Crippen LogP contribution in [0.4, 0.5) is 4.39 Å². The van der Waals surface area contributed by atoms with Crippen molar-refractivity contribution in [2.45, 2.75) is 13.8 Å². The average molecular weight is 312 g/mol. The van der Waals surface area contributed by atoms with Crippen LogP contribution in [0.3, 0.4) is 0 Å². The van der Waals surface area contributed by atoms with Crippen LogP contribution in [0.1, 0.15) is 13.8 Å².